The Labute approximate surface area is 243 Å². The van der Waals surface area contributed by atoms with Gasteiger partial charge in [-0.3, -0.25) is 9.59 Å². The summed E-state index contributed by atoms with van der Waals surface area (Å²) in [4.78, 5) is 35.1. The fraction of sp³-hybridized carbons (Fsp3) is 0.281. The summed E-state index contributed by atoms with van der Waals surface area (Å²) in [6.45, 7) is -0.318. The second-order valence-corrected chi connectivity index (χ2v) is 10.8. The first-order chi connectivity index (χ1) is 20.5. The minimum absolute atomic E-state index is 0.0000973. The van der Waals surface area contributed by atoms with Crippen molar-refractivity contribution in [1.82, 2.24) is 14.9 Å². The van der Waals surface area contributed by atoms with Gasteiger partial charge in [-0.2, -0.15) is 8.78 Å². The number of aromatic amines is 1. The Morgan fingerprint density at radius 1 is 0.907 bits per heavy atom. The quantitative estimate of drug-likeness (QED) is 0.259. The Morgan fingerprint density at radius 2 is 1.60 bits per heavy atom. The van der Waals surface area contributed by atoms with E-state index in [9.17, 15) is 22.8 Å². The van der Waals surface area contributed by atoms with E-state index < -0.39 is 35.1 Å². The first-order valence-electron chi connectivity index (χ1n) is 13.8. The van der Waals surface area contributed by atoms with Crippen LogP contribution in [0.25, 0.3) is 11.1 Å². The number of hydrogen-bond donors (Lipinski definition) is 1. The summed E-state index contributed by atoms with van der Waals surface area (Å²) in [5.74, 6) is -5.39. The fourth-order valence-electron chi connectivity index (χ4n) is 5.65. The van der Waals surface area contributed by atoms with Gasteiger partial charge in [-0.15, -0.1) is 13.2 Å². The molecule has 6 rings (SSSR count). The molecule has 1 aliphatic carbocycles. The van der Waals surface area contributed by atoms with Crippen molar-refractivity contribution in [2.45, 2.75) is 49.9 Å². The second kappa shape index (κ2) is 10.6. The van der Waals surface area contributed by atoms with Crippen molar-refractivity contribution in [2.75, 3.05) is 6.54 Å². The molecule has 43 heavy (non-hydrogen) atoms. The number of fused-ring (bicyclic) bond motifs is 1. The molecule has 1 aromatic heterocycles. The SMILES string of the molecule is O=C(N1CCCc2nc(C3(c4ccccc4)CC3)[nH]c(=O)c2C1)C(F)(F)c1cccc(-c2cccc(OC(F)(F)F)c2)c1. The molecule has 2 heterocycles. The van der Waals surface area contributed by atoms with Gasteiger partial charge in [-0.05, 0) is 60.6 Å². The maximum absolute atomic E-state index is 15.7. The number of H-pyrrole nitrogens is 1. The molecule has 2 aliphatic rings. The number of benzene rings is 3. The highest BCUT2D eigenvalue weighted by atomic mass is 19.4. The molecule has 0 radical (unpaired) electrons. The molecule has 0 bridgehead atoms. The van der Waals surface area contributed by atoms with Crippen LogP contribution in [-0.4, -0.2) is 33.7 Å². The van der Waals surface area contributed by atoms with Crippen LogP contribution in [0.5, 0.6) is 5.75 Å². The molecule has 0 atom stereocenters. The lowest BCUT2D eigenvalue weighted by molar-refractivity contribution is -0.274. The lowest BCUT2D eigenvalue weighted by Crippen LogP contribution is -2.42. The topological polar surface area (TPSA) is 75.3 Å². The molecule has 1 aliphatic heterocycles. The van der Waals surface area contributed by atoms with E-state index in [2.05, 4.69) is 9.72 Å². The predicted octanol–water partition coefficient (Wildman–Crippen LogP) is 6.48. The molecular weight excluding hydrogens is 569 g/mol. The smallest absolute Gasteiger partial charge is 0.406 e. The van der Waals surface area contributed by atoms with Gasteiger partial charge in [-0.25, -0.2) is 4.98 Å². The van der Waals surface area contributed by atoms with Crippen LogP contribution in [0.2, 0.25) is 0 Å². The van der Waals surface area contributed by atoms with Crippen LogP contribution in [0, 0.1) is 0 Å². The van der Waals surface area contributed by atoms with Gasteiger partial charge < -0.3 is 14.6 Å². The number of amides is 1. The Hall–Kier alpha value is -4.54. The van der Waals surface area contributed by atoms with Crippen molar-refractivity contribution in [2.24, 2.45) is 0 Å². The number of rotatable bonds is 6. The van der Waals surface area contributed by atoms with E-state index >= 15 is 8.78 Å². The summed E-state index contributed by atoms with van der Waals surface area (Å²) in [6.07, 6.45) is -2.55. The van der Waals surface area contributed by atoms with Gasteiger partial charge in [0.05, 0.1) is 23.2 Å². The predicted molar refractivity (Wildman–Crippen MR) is 148 cm³/mol. The van der Waals surface area contributed by atoms with Crippen LogP contribution in [0.1, 0.15) is 47.5 Å². The van der Waals surface area contributed by atoms with Crippen LogP contribution in [0.3, 0.4) is 0 Å². The monoisotopic (exact) mass is 595 g/mol. The highest BCUT2D eigenvalue weighted by Gasteiger charge is 2.49. The third-order valence-electron chi connectivity index (χ3n) is 8.00. The summed E-state index contributed by atoms with van der Waals surface area (Å²) in [6, 6.07) is 19.6. The van der Waals surface area contributed by atoms with Crippen LogP contribution < -0.4 is 10.3 Å². The number of halogens is 5. The van der Waals surface area contributed by atoms with E-state index in [4.69, 9.17) is 4.98 Å². The van der Waals surface area contributed by atoms with Gasteiger partial charge in [0.1, 0.15) is 11.6 Å². The van der Waals surface area contributed by atoms with Crippen LogP contribution in [0.4, 0.5) is 22.0 Å². The van der Waals surface area contributed by atoms with Crippen molar-refractivity contribution in [3.05, 3.63) is 117 Å². The lowest BCUT2D eigenvalue weighted by Gasteiger charge is -2.26. The number of aromatic nitrogens is 2. The lowest BCUT2D eigenvalue weighted by atomic mass is 9.94. The van der Waals surface area contributed by atoms with Crippen LogP contribution in [0.15, 0.2) is 83.7 Å². The minimum Gasteiger partial charge on any atom is -0.406 e. The molecule has 3 aromatic carbocycles. The number of nitrogens with zero attached hydrogens (tertiary/aromatic N) is 2. The van der Waals surface area contributed by atoms with E-state index in [-0.39, 0.29) is 35.2 Å². The van der Waals surface area contributed by atoms with Gasteiger partial charge in [0.15, 0.2) is 0 Å². The van der Waals surface area contributed by atoms with E-state index in [1.165, 1.54) is 24.3 Å². The normalized spacial score (nSPS) is 16.3. The molecule has 0 spiro atoms. The summed E-state index contributed by atoms with van der Waals surface area (Å²) >= 11 is 0. The molecule has 11 heteroatoms. The second-order valence-electron chi connectivity index (χ2n) is 10.8. The van der Waals surface area contributed by atoms with Gasteiger partial charge in [-0.1, -0.05) is 60.7 Å². The molecule has 6 nitrogen and oxygen atoms in total. The number of carbonyl (C=O) groups excluding carboxylic acids is 1. The van der Waals surface area contributed by atoms with Crippen LogP contribution >= 0.6 is 0 Å². The van der Waals surface area contributed by atoms with E-state index in [0.717, 1.165) is 47.6 Å². The van der Waals surface area contributed by atoms with Crippen molar-refractivity contribution in [1.29, 1.82) is 0 Å². The number of aryl methyl sites for hydroxylation is 1. The zero-order valence-electron chi connectivity index (χ0n) is 22.8. The van der Waals surface area contributed by atoms with Crippen molar-refractivity contribution >= 4 is 5.91 Å². The Balaban J connectivity index is 1.25. The Morgan fingerprint density at radius 3 is 2.30 bits per heavy atom. The number of nitrogens with one attached hydrogen (secondary N) is 1. The van der Waals surface area contributed by atoms with Gasteiger partial charge in [0.2, 0.25) is 0 Å². The number of carbonyl (C=O) groups is 1. The van der Waals surface area contributed by atoms with E-state index in [1.54, 1.807) is 0 Å². The maximum atomic E-state index is 15.7. The average Bonchev–Trinajstić information content (AvgIpc) is 3.81. The summed E-state index contributed by atoms with van der Waals surface area (Å²) < 4.78 is 73.3. The van der Waals surface area contributed by atoms with E-state index in [1.807, 2.05) is 30.3 Å². The molecule has 1 saturated carbocycles. The molecule has 0 saturated heterocycles. The first-order valence-corrected chi connectivity index (χ1v) is 13.8. The highest BCUT2D eigenvalue weighted by molar-refractivity contribution is 5.85. The van der Waals surface area contributed by atoms with Crippen molar-refractivity contribution in [3.8, 4) is 16.9 Å². The summed E-state index contributed by atoms with van der Waals surface area (Å²) in [5.41, 5.74) is 0.660. The maximum Gasteiger partial charge on any atom is 0.573 e. The number of ether oxygens (including phenoxy) is 1. The average molecular weight is 596 g/mol. The fourth-order valence-corrected chi connectivity index (χ4v) is 5.65. The Bertz CT molecular complexity index is 1730. The molecule has 4 aromatic rings. The zero-order chi connectivity index (χ0) is 30.4. The van der Waals surface area contributed by atoms with Gasteiger partial charge in [0, 0.05) is 12.1 Å². The molecular formula is C32H26F5N3O3. The summed E-state index contributed by atoms with van der Waals surface area (Å²) in [7, 11) is 0. The van der Waals surface area contributed by atoms with E-state index in [0.29, 0.717) is 24.4 Å². The molecule has 1 amide bonds. The van der Waals surface area contributed by atoms with Crippen LogP contribution in [-0.2, 0) is 29.1 Å². The zero-order valence-corrected chi connectivity index (χ0v) is 22.8. The number of hydrogen-bond acceptors (Lipinski definition) is 4. The molecule has 222 valence electrons. The third kappa shape index (κ3) is 5.63. The molecule has 1 N–H and O–H groups in total. The van der Waals surface area contributed by atoms with Crippen molar-refractivity contribution < 1.29 is 31.5 Å². The Kier molecular flexibility index (Phi) is 7.06. The molecule has 1 fully saturated rings. The van der Waals surface area contributed by atoms with Gasteiger partial charge in [0.25, 0.3) is 11.5 Å². The largest absolute Gasteiger partial charge is 0.573 e. The van der Waals surface area contributed by atoms with Crippen molar-refractivity contribution in [3.63, 3.8) is 0 Å². The first kappa shape index (κ1) is 28.6. The minimum atomic E-state index is -4.91. The number of alkyl halides is 5. The summed E-state index contributed by atoms with van der Waals surface area (Å²) in [5, 5.41) is 0. The standard InChI is InChI=1S/C32H26F5N3O3/c33-31(34,23-11-4-7-20(17-23)21-8-5-12-24(18-21)43-32(35,36)37)29(42)40-16-6-13-26-25(19-40)27(41)39-28(38-26)30(14-15-30)22-9-2-1-3-10-22/h1-5,7-12,17-18H,6,13-16,19H2,(H,38,39,41). The third-order valence-corrected chi connectivity index (χ3v) is 8.00. The highest BCUT2D eigenvalue weighted by Crippen LogP contribution is 2.52. The molecule has 0 unspecified atom stereocenters. The van der Waals surface area contributed by atoms with Gasteiger partial charge >= 0.3 is 12.3 Å².